The molecular weight excluding hydrogens is 285 g/mol. The second-order valence-electron chi connectivity index (χ2n) is 4.37. The minimum absolute atomic E-state index is 0. The third-order valence-electron chi connectivity index (χ3n) is 2.35. The molecule has 110 valence electrons. The molecule has 0 heterocycles. The molecule has 1 aromatic carbocycles. The van der Waals surface area contributed by atoms with Gasteiger partial charge >= 0.3 is 0 Å². The molecular formula is C13H23Cl2N3O. The van der Waals surface area contributed by atoms with Crippen molar-refractivity contribution in [3.8, 4) is 0 Å². The monoisotopic (exact) mass is 307 g/mol. The second-order valence-corrected chi connectivity index (χ2v) is 4.37. The lowest BCUT2D eigenvalue weighted by Crippen LogP contribution is -2.25. The lowest BCUT2D eigenvalue weighted by atomic mass is 10.1. The summed E-state index contributed by atoms with van der Waals surface area (Å²) in [5.41, 5.74) is 7.68. The Morgan fingerprint density at radius 3 is 2.47 bits per heavy atom. The van der Waals surface area contributed by atoms with E-state index in [-0.39, 0.29) is 30.7 Å². The van der Waals surface area contributed by atoms with E-state index in [1.165, 1.54) is 5.56 Å². The average molecular weight is 308 g/mol. The van der Waals surface area contributed by atoms with E-state index in [1.54, 1.807) is 0 Å². The van der Waals surface area contributed by atoms with E-state index in [1.807, 2.05) is 26.2 Å². The van der Waals surface area contributed by atoms with Gasteiger partial charge in [0.05, 0.1) is 0 Å². The SMILES string of the molecule is CN(C)Cc1cccc(CNC(=O)CCN)c1.Cl.Cl. The summed E-state index contributed by atoms with van der Waals surface area (Å²) in [6.45, 7) is 1.87. The maximum atomic E-state index is 11.3. The molecule has 0 aliphatic rings. The molecule has 0 unspecified atom stereocenters. The Morgan fingerprint density at radius 1 is 1.26 bits per heavy atom. The molecule has 0 saturated heterocycles. The number of halogens is 2. The molecule has 1 amide bonds. The largest absolute Gasteiger partial charge is 0.352 e. The number of carbonyl (C=O) groups is 1. The van der Waals surface area contributed by atoms with Gasteiger partial charge in [0.15, 0.2) is 0 Å². The molecule has 1 rings (SSSR count). The topological polar surface area (TPSA) is 58.4 Å². The van der Waals surface area contributed by atoms with Gasteiger partial charge in [0, 0.05) is 26.1 Å². The van der Waals surface area contributed by atoms with Crippen molar-refractivity contribution in [3.63, 3.8) is 0 Å². The van der Waals surface area contributed by atoms with Crippen LogP contribution >= 0.6 is 24.8 Å². The van der Waals surface area contributed by atoms with Crippen LogP contribution in [-0.2, 0) is 17.9 Å². The van der Waals surface area contributed by atoms with Crippen LogP contribution in [0, 0.1) is 0 Å². The minimum atomic E-state index is 0. The average Bonchev–Trinajstić information content (AvgIpc) is 2.26. The standard InChI is InChI=1S/C13H21N3O.2ClH/c1-16(2)10-12-5-3-4-11(8-12)9-15-13(17)6-7-14;;/h3-5,8H,6-7,9-10,14H2,1-2H3,(H,15,17);2*1H. The van der Waals surface area contributed by atoms with Crippen LogP contribution < -0.4 is 11.1 Å². The van der Waals surface area contributed by atoms with Crippen molar-refractivity contribution in [1.82, 2.24) is 10.2 Å². The van der Waals surface area contributed by atoms with Crippen LogP contribution in [0.1, 0.15) is 17.5 Å². The molecule has 19 heavy (non-hydrogen) atoms. The van der Waals surface area contributed by atoms with Crippen molar-refractivity contribution in [3.05, 3.63) is 35.4 Å². The Kier molecular flexibility index (Phi) is 11.9. The zero-order valence-electron chi connectivity index (χ0n) is 11.4. The Morgan fingerprint density at radius 2 is 1.89 bits per heavy atom. The number of nitrogens with two attached hydrogens (primary N) is 1. The highest BCUT2D eigenvalue weighted by molar-refractivity contribution is 5.85. The molecule has 0 spiro atoms. The van der Waals surface area contributed by atoms with Gasteiger partial charge in [0.2, 0.25) is 5.91 Å². The van der Waals surface area contributed by atoms with E-state index in [2.05, 4.69) is 22.3 Å². The summed E-state index contributed by atoms with van der Waals surface area (Å²) in [5.74, 6) is 0.00510. The number of rotatable bonds is 6. The fraction of sp³-hybridized carbons (Fsp3) is 0.462. The highest BCUT2D eigenvalue weighted by atomic mass is 35.5. The summed E-state index contributed by atoms with van der Waals surface area (Å²) in [5, 5.41) is 2.85. The van der Waals surface area contributed by atoms with Crippen LogP contribution in [0.15, 0.2) is 24.3 Å². The van der Waals surface area contributed by atoms with Crippen molar-refractivity contribution in [2.75, 3.05) is 20.6 Å². The van der Waals surface area contributed by atoms with E-state index in [0.29, 0.717) is 19.5 Å². The third kappa shape index (κ3) is 8.83. The molecule has 0 fully saturated rings. The molecule has 0 aliphatic carbocycles. The van der Waals surface area contributed by atoms with Gasteiger partial charge in [0.25, 0.3) is 0 Å². The predicted octanol–water partition coefficient (Wildman–Crippen LogP) is 1.56. The Hall–Kier alpha value is -0.810. The summed E-state index contributed by atoms with van der Waals surface area (Å²) in [7, 11) is 4.07. The molecule has 0 radical (unpaired) electrons. The number of carbonyl (C=O) groups excluding carboxylic acids is 1. The quantitative estimate of drug-likeness (QED) is 0.838. The van der Waals surface area contributed by atoms with Crippen LogP contribution in [0.2, 0.25) is 0 Å². The molecule has 1 aromatic rings. The lowest BCUT2D eigenvalue weighted by Gasteiger charge is -2.11. The van der Waals surface area contributed by atoms with Crippen LogP contribution in [-0.4, -0.2) is 31.4 Å². The molecule has 3 N–H and O–H groups in total. The highest BCUT2D eigenvalue weighted by Crippen LogP contribution is 2.06. The van der Waals surface area contributed by atoms with Crippen molar-refractivity contribution >= 4 is 30.7 Å². The maximum absolute atomic E-state index is 11.3. The smallest absolute Gasteiger partial charge is 0.221 e. The first-order valence-corrected chi connectivity index (χ1v) is 5.81. The number of nitrogens with zero attached hydrogens (tertiary/aromatic N) is 1. The summed E-state index contributed by atoms with van der Waals surface area (Å²) in [6, 6.07) is 8.24. The zero-order valence-corrected chi connectivity index (χ0v) is 13.0. The summed E-state index contributed by atoms with van der Waals surface area (Å²) in [6.07, 6.45) is 0.386. The second kappa shape index (κ2) is 11.1. The molecule has 0 aliphatic heterocycles. The molecule has 0 aromatic heterocycles. The van der Waals surface area contributed by atoms with Crippen LogP contribution in [0.4, 0.5) is 0 Å². The normalized spacial score (nSPS) is 9.47. The van der Waals surface area contributed by atoms with Gasteiger partial charge in [-0.2, -0.15) is 0 Å². The number of hydrogen-bond acceptors (Lipinski definition) is 3. The first-order chi connectivity index (χ1) is 8.11. The highest BCUT2D eigenvalue weighted by Gasteiger charge is 2.01. The summed E-state index contributed by atoms with van der Waals surface area (Å²) in [4.78, 5) is 13.4. The first kappa shape index (κ1) is 20.5. The molecule has 0 bridgehead atoms. The molecule has 4 nitrogen and oxygen atoms in total. The van der Waals surface area contributed by atoms with Crippen molar-refractivity contribution in [2.45, 2.75) is 19.5 Å². The Labute approximate surface area is 127 Å². The Balaban J connectivity index is 0. The van der Waals surface area contributed by atoms with Gasteiger partial charge in [-0.05, 0) is 25.2 Å². The van der Waals surface area contributed by atoms with Gasteiger partial charge in [-0.15, -0.1) is 24.8 Å². The van der Waals surface area contributed by atoms with E-state index in [0.717, 1.165) is 12.1 Å². The zero-order chi connectivity index (χ0) is 12.7. The van der Waals surface area contributed by atoms with Gasteiger partial charge in [0.1, 0.15) is 0 Å². The van der Waals surface area contributed by atoms with E-state index in [4.69, 9.17) is 5.73 Å². The van der Waals surface area contributed by atoms with E-state index < -0.39 is 0 Å². The molecule has 6 heteroatoms. The first-order valence-electron chi connectivity index (χ1n) is 5.81. The minimum Gasteiger partial charge on any atom is -0.352 e. The van der Waals surface area contributed by atoms with E-state index in [9.17, 15) is 4.79 Å². The van der Waals surface area contributed by atoms with Crippen LogP contribution in [0.25, 0.3) is 0 Å². The van der Waals surface area contributed by atoms with Crippen molar-refractivity contribution < 1.29 is 4.79 Å². The van der Waals surface area contributed by atoms with Gasteiger partial charge in [-0.1, -0.05) is 24.3 Å². The fourth-order valence-electron chi connectivity index (χ4n) is 1.62. The summed E-state index contributed by atoms with van der Waals surface area (Å²) < 4.78 is 0. The van der Waals surface area contributed by atoms with Gasteiger partial charge in [-0.3, -0.25) is 4.79 Å². The lowest BCUT2D eigenvalue weighted by molar-refractivity contribution is -0.121. The Bertz CT molecular complexity index is 373. The fourth-order valence-corrected chi connectivity index (χ4v) is 1.62. The predicted molar refractivity (Wildman–Crippen MR) is 83.8 cm³/mol. The van der Waals surface area contributed by atoms with Gasteiger partial charge in [-0.25, -0.2) is 0 Å². The number of hydrogen-bond donors (Lipinski definition) is 2. The molecule has 0 atom stereocenters. The van der Waals surface area contributed by atoms with Crippen molar-refractivity contribution in [1.29, 1.82) is 0 Å². The number of amides is 1. The van der Waals surface area contributed by atoms with Crippen molar-refractivity contribution in [2.24, 2.45) is 5.73 Å². The molecule has 0 saturated carbocycles. The van der Waals surface area contributed by atoms with E-state index >= 15 is 0 Å². The number of benzene rings is 1. The maximum Gasteiger partial charge on any atom is 0.221 e. The van der Waals surface area contributed by atoms with Crippen LogP contribution in [0.3, 0.4) is 0 Å². The third-order valence-corrected chi connectivity index (χ3v) is 2.35. The number of nitrogens with one attached hydrogen (secondary N) is 1. The van der Waals surface area contributed by atoms with Gasteiger partial charge < -0.3 is 16.0 Å². The summed E-state index contributed by atoms with van der Waals surface area (Å²) >= 11 is 0. The van der Waals surface area contributed by atoms with Crippen LogP contribution in [0.5, 0.6) is 0 Å².